The Morgan fingerprint density at radius 1 is 1.25 bits per heavy atom. The molecule has 0 saturated heterocycles. The van der Waals surface area contributed by atoms with Gasteiger partial charge in [-0.3, -0.25) is 14.5 Å². The van der Waals surface area contributed by atoms with E-state index in [0.29, 0.717) is 5.69 Å². The number of ketones is 1. The van der Waals surface area contributed by atoms with Crippen LogP contribution in [0, 0.1) is 11.2 Å². The zero-order valence-electron chi connectivity index (χ0n) is 16.1. The molecule has 0 unspecified atom stereocenters. The number of nitrogens with zero attached hydrogens (tertiary/aromatic N) is 2. The van der Waals surface area contributed by atoms with Gasteiger partial charge in [0.25, 0.3) is 0 Å². The van der Waals surface area contributed by atoms with Gasteiger partial charge >= 0.3 is 5.97 Å². The largest absolute Gasteiger partial charge is 0.455 e. The van der Waals surface area contributed by atoms with Gasteiger partial charge in [0.1, 0.15) is 5.82 Å². The summed E-state index contributed by atoms with van der Waals surface area (Å²) in [7, 11) is 0. The lowest BCUT2D eigenvalue weighted by molar-refractivity contribution is -0.145. The van der Waals surface area contributed by atoms with Crippen LogP contribution in [-0.4, -0.2) is 29.3 Å². The smallest absolute Gasteiger partial charge is 0.331 e. The van der Waals surface area contributed by atoms with Crippen molar-refractivity contribution < 1.29 is 23.5 Å². The number of ether oxygens (including phenoxy) is 1. The molecular weight excluding hydrogens is 383 g/mol. The maximum atomic E-state index is 14.1. The first-order valence-corrected chi connectivity index (χ1v) is 9.36. The number of halogens is 1. The van der Waals surface area contributed by atoms with E-state index in [4.69, 9.17) is 4.74 Å². The molecule has 0 atom stereocenters. The number of anilines is 2. The van der Waals surface area contributed by atoms with Crippen LogP contribution >= 0.6 is 11.3 Å². The molecule has 0 aliphatic rings. The molecule has 1 heterocycles. The quantitative estimate of drug-likeness (QED) is 0.534. The molecule has 28 heavy (non-hydrogen) atoms. The van der Waals surface area contributed by atoms with Crippen molar-refractivity contribution in [3.63, 3.8) is 0 Å². The second-order valence-electron chi connectivity index (χ2n) is 6.98. The van der Waals surface area contributed by atoms with E-state index in [1.165, 1.54) is 31.2 Å². The lowest BCUT2D eigenvalue weighted by Crippen LogP contribution is -2.25. The van der Waals surface area contributed by atoms with Gasteiger partial charge in [-0.15, -0.1) is 11.3 Å². The molecule has 0 radical (unpaired) electrons. The van der Waals surface area contributed by atoms with E-state index in [1.807, 2.05) is 0 Å². The Bertz CT molecular complexity index is 915. The molecule has 0 aliphatic carbocycles. The van der Waals surface area contributed by atoms with Gasteiger partial charge in [-0.05, 0) is 18.2 Å². The Morgan fingerprint density at radius 3 is 2.54 bits per heavy atom. The van der Waals surface area contributed by atoms with E-state index < -0.39 is 23.1 Å². The molecule has 0 N–H and O–H groups in total. The lowest BCUT2D eigenvalue weighted by atomic mass is 9.91. The predicted molar refractivity (Wildman–Crippen MR) is 106 cm³/mol. The Labute approximate surface area is 166 Å². The van der Waals surface area contributed by atoms with Crippen LogP contribution in [0.2, 0.25) is 0 Å². The minimum Gasteiger partial charge on any atom is -0.455 e. The fraction of sp³-hybridized carbons (Fsp3) is 0.300. The first kappa shape index (κ1) is 21.4. The van der Waals surface area contributed by atoms with Crippen molar-refractivity contribution in [1.29, 1.82) is 0 Å². The summed E-state index contributed by atoms with van der Waals surface area (Å²) < 4.78 is 19.0. The van der Waals surface area contributed by atoms with Gasteiger partial charge in [0.2, 0.25) is 5.91 Å². The molecule has 1 amide bonds. The van der Waals surface area contributed by atoms with Crippen molar-refractivity contribution in [3.8, 4) is 0 Å². The van der Waals surface area contributed by atoms with Crippen molar-refractivity contribution in [2.24, 2.45) is 5.41 Å². The summed E-state index contributed by atoms with van der Waals surface area (Å²) in [6.07, 6.45) is 2.56. The highest BCUT2D eigenvalue weighted by molar-refractivity contribution is 7.14. The standard InChI is InChI=1S/C20H21FN2O4S/c1-13(24)23(16-8-6-5-7-15(16)21)19-22-14(12-28-19)9-10-18(26)27-11-17(25)20(2,3)4/h5-10,12H,11H2,1-4H3/b10-9+. The summed E-state index contributed by atoms with van der Waals surface area (Å²) in [6.45, 7) is 6.23. The number of aromatic nitrogens is 1. The van der Waals surface area contributed by atoms with Gasteiger partial charge in [0, 0.05) is 23.8 Å². The second-order valence-corrected chi connectivity index (χ2v) is 7.81. The number of Topliss-reactive ketones (excluding diaryl/α,β-unsaturated/α-hetero) is 1. The fourth-order valence-corrected chi connectivity index (χ4v) is 2.90. The van der Waals surface area contributed by atoms with Gasteiger partial charge in [-0.25, -0.2) is 14.2 Å². The minimum atomic E-state index is -0.676. The second kappa shape index (κ2) is 8.88. The molecule has 0 bridgehead atoms. The molecule has 2 rings (SSSR count). The summed E-state index contributed by atoms with van der Waals surface area (Å²) >= 11 is 1.13. The Hall–Kier alpha value is -2.87. The van der Waals surface area contributed by atoms with Crippen molar-refractivity contribution >= 4 is 45.9 Å². The molecule has 0 spiro atoms. The number of carbonyl (C=O) groups excluding carboxylic acids is 3. The van der Waals surface area contributed by atoms with E-state index >= 15 is 0 Å². The van der Waals surface area contributed by atoms with Crippen molar-refractivity contribution in [2.45, 2.75) is 27.7 Å². The maximum absolute atomic E-state index is 14.1. The number of esters is 1. The molecule has 0 fully saturated rings. The van der Waals surface area contributed by atoms with Crippen LogP contribution < -0.4 is 4.90 Å². The summed E-state index contributed by atoms with van der Waals surface area (Å²) in [5.41, 5.74) is -0.0851. The number of benzene rings is 1. The first-order chi connectivity index (χ1) is 13.1. The molecule has 6 nitrogen and oxygen atoms in total. The molecule has 0 saturated carbocycles. The predicted octanol–water partition coefficient (Wildman–Crippen LogP) is 4.14. The Balaban J connectivity index is 2.09. The molecule has 2 aromatic rings. The topological polar surface area (TPSA) is 76.6 Å². The summed E-state index contributed by atoms with van der Waals surface area (Å²) in [5.74, 6) is -1.80. The number of thiazole rings is 1. The fourth-order valence-electron chi connectivity index (χ4n) is 2.05. The lowest BCUT2D eigenvalue weighted by Gasteiger charge is -2.18. The normalized spacial score (nSPS) is 11.5. The SMILES string of the molecule is CC(=O)N(c1nc(/C=C/C(=O)OCC(=O)C(C)(C)C)cs1)c1ccccc1F. The van der Waals surface area contributed by atoms with Gasteiger partial charge in [-0.1, -0.05) is 32.9 Å². The van der Waals surface area contributed by atoms with E-state index in [1.54, 1.807) is 32.2 Å². The number of carbonyl (C=O) groups is 3. The minimum absolute atomic E-state index is 0.0972. The average Bonchev–Trinajstić information content (AvgIpc) is 3.07. The highest BCUT2D eigenvalue weighted by Crippen LogP contribution is 2.30. The Morgan fingerprint density at radius 2 is 1.93 bits per heavy atom. The van der Waals surface area contributed by atoms with Gasteiger partial charge in [0.05, 0.1) is 11.4 Å². The van der Waals surface area contributed by atoms with Crippen molar-refractivity contribution in [1.82, 2.24) is 4.98 Å². The molecule has 1 aromatic carbocycles. The average molecular weight is 404 g/mol. The summed E-state index contributed by atoms with van der Waals surface area (Å²) in [6, 6.07) is 5.90. The number of amides is 1. The number of para-hydroxylation sites is 1. The molecule has 148 valence electrons. The highest BCUT2D eigenvalue weighted by atomic mass is 32.1. The van der Waals surface area contributed by atoms with Crippen LogP contribution in [0.25, 0.3) is 6.08 Å². The van der Waals surface area contributed by atoms with Gasteiger partial charge < -0.3 is 4.74 Å². The van der Waals surface area contributed by atoms with Crippen LogP contribution in [0.3, 0.4) is 0 Å². The van der Waals surface area contributed by atoms with E-state index in [-0.39, 0.29) is 23.2 Å². The number of rotatable bonds is 6. The zero-order chi connectivity index (χ0) is 20.9. The third-order valence-corrected chi connectivity index (χ3v) is 4.53. The Kier molecular flexibility index (Phi) is 6.80. The molecular formula is C20H21FN2O4S. The summed E-state index contributed by atoms with van der Waals surface area (Å²) in [5, 5.41) is 1.89. The number of hydrogen-bond donors (Lipinski definition) is 0. The van der Waals surface area contributed by atoms with Crippen LogP contribution in [0.5, 0.6) is 0 Å². The maximum Gasteiger partial charge on any atom is 0.331 e. The monoisotopic (exact) mass is 404 g/mol. The molecule has 8 heteroatoms. The van der Waals surface area contributed by atoms with E-state index in [0.717, 1.165) is 22.3 Å². The molecule has 0 aliphatic heterocycles. The van der Waals surface area contributed by atoms with Gasteiger partial charge in [0.15, 0.2) is 17.5 Å². The van der Waals surface area contributed by atoms with E-state index in [2.05, 4.69) is 4.98 Å². The molecule has 1 aromatic heterocycles. The third-order valence-electron chi connectivity index (χ3n) is 3.68. The van der Waals surface area contributed by atoms with Crippen LogP contribution in [0.1, 0.15) is 33.4 Å². The van der Waals surface area contributed by atoms with Crippen LogP contribution in [-0.2, 0) is 19.1 Å². The van der Waals surface area contributed by atoms with E-state index in [9.17, 15) is 18.8 Å². The highest BCUT2D eigenvalue weighted by Gasteiger charge is 2.22. The van der Waals surface area contributed by atoms with Crippen LogP contribution in [0.15, 0.2) is 35.7 Å². The zero-order valence-corrected chi connectivity index (χ0v) is 16.9. The van der Waals surface area contributed by atoms with Crippen LogP contribution in [0.4, 0.5) is 15.2 Å². The summed E-state index contributed by atoms with van der Waals surface area (Å²) in [4.78, 5) is 41.0. The first-order valence-electron chi connectivity index (χ1n) is 8.48. The third kappa shape index (κ3) is 5.56. The van der Waals surface area contributed by atoms with Crippen molar-refractivity contribution in [2.75, 3.05) is 11.5 Å². The van der Waals surface area contributed by atoms with Crippen molar-refractivity contribution in [3.05, 3.63) is 47.2 Å². The number of hydrogen-bond acceptors (Lipinski definition) is 6. The van der Waals surface area contributed by atoms with Gasteiger partial charge in [-0.2, -0.15) is 0 Å².